The van der Waals surface area contributed by atoms with Crippen molar-refractivity contribution < 1.29 is 9.53 Å². The Morgan fingerprint density at radius 3 is 2.79 bits per heavy atom. The molecule has 3 aromatic rings. The first kappa shape index (κ1) is 18.5. The Balaban J connectivity index is 1.61. The van der Waals surface area contributed by atoms with Gasteiger partial charge < -0.3 is 19.1 Å². The van der Waals surface area contributed by atoms with E-state index in [0.717, 1.165) is 41.2 Å². The number of para-hydroxylation sites is 2. The van der Waals surface area contributed by atoms with Crippen LogP contribution in [0.5, 0.6) is 5.75 Å². The molecule has 0 N–H and O–H groups in total. The van der Waals surface area contributed by atoms with E-state index in [9.17, 15) is 4.79 Å². The Labute approximate surface area is 165 Å². The molecular formula is C22H26N4O2. The monoisotopic (exact) mass is 378 g/mol. The summed E-state index contributed by atoms with van der Waals surface area (Å²) in [5.41, 5.74) is 4.37. The minimum absolute atomic E-state index is 0.0915. The van der Waals surface area contributed by atoms with Gasteiger partial charge in [0.25, 0.3) is 0 Å². The molecule has 0 bridgehead atoms. The number of aromatic nitrogens is 2. The van der Waals surface area contributed by atoms with Crippen LogP contribution in [0.2, 0.25) is 0 Å². The van der Waals surface area contributed by atoms with Crippen LogP contribution in [0.1, 0.15) is 17.0 Å². The van der Waals surface area contributed by atoms with Gasteiger partial charge in [0.05, 0.1) is 30.7 Å². The van der Waals surface area contributed by atoms with E-state index in [1.807, 2.05) is 55.2 Å². The summed E-state index contributed by atoms with van der Waals surface area (Å²) in [7, 11) is 5.84. The smallest absolute Gasteiger partial charge is 0.237 e. The summed E-state index contributed by atoms with van der Waals surface area (Å²) < 4.78 is 7.67. The van der Waals surface area contributed by atoms with Gasteiger partial charge in [-0.1, -0.05) is 24.3 Å². The zero-order valence-electron chi connectivity index (χ0n) is 16.7. The first-order valence-corrected chi connectivity index (χ1v) is 9.58. The highest BCUT2D eigenvalue weighted by Gasteiger charge is 2.20. The predicted octanol–water partition coefficient (Wildman–Crippen LogP) is 2.60. The van der Waals surface area contributed by atoms with E-state index in [2.05, 4.69) is 22.8 Å². The maximum atomic E-state index is 12.9. The molecule has 0 radical (unpaired) electrons. The van der Waals surface area contributed by atoms with E-state index in [4.69, 9.17) is 9.72 Å². The maximum Gasteiger partial charge on any atom is 0.237 e. The Kier molecular flexibility index (Phi) is 5.05. The van der Waals surface area contributed by atoms with Crippen LogP contribution < -0.4 is 4.74 Å². The minimum atomic E-state index is 0.0915. The SMILES string of the molecule is CN(C)CC(=O)N(Cc1ccc2c(c1)CCO2)Cc1nc2ccccc2n1C. The zero-order chi connectivity index (χ0) is 19.7. The highest BCUT2D eigenvalue weighted by Crippen LogP contribution is 2.26. The summed E-state index contributed by atoms with van der Waals surface area (Å²) in [6.07, 6.45) is 0.930. The fourth-order valence-electron chi connectivity index (χ4n) is 3.67. The van der Waals surface area contributed by atoms with Gasteiger partial charge in [-0.15, -0.1) is 0 Å². The van der Waals surface area contributed by atoms with Crippen molar-refractivity contribution in [1.82, 2.24) is 19.4 Å². The molecule has 4 rings (SSSR count). The van der Waals surface area contributed by atoms with E-state index in [-0.39, 0.29) is 5.91 Å². The second-order valence-corrected chi connectivity index (χ2v) is 7.60. The second kappa shape index (κ2) is 7.64. The summed E-state index contributed by atoms with van der Waals surface area (Å²) >= 11 is 0. The van der Waals surface area contributed by atoms with Crippen LogP contribution >= 0.6 is 0 Å². The minimum Gasteiger partial charge on any atom is -0.493 e. The first-order valence-electron chi connectivity index (χ1n) is 9.58. The molecule has 1 aliphatic rings. The van der Waals surface area contributed by atoms with Crippen LogP contribution in [-0.4, -0.2) is 52.5 Å². The zero-order valence-corrected chi connectivity index (χ0v) is 16.7. The number of nitrogens with zero attached hydrogens (tertiary/aromatic N) is 4. The van der Waals surface area contributed by atoms with Crippen LogP contribution in [-0.2, 0) is 31.4 Å². The number of hydrogen-bond donors (Lipinski definition) is 0. The largest absolute Gasteiger partial charge is 0.493 e. The molecule has 0 saturated carbocycles. The van der Waals surface area contributed by atoms with Crippen LogP contribution in [0.15, 0.2) is 42.5 Å². The number of amides is 1. The number of imidazole rings is 1. The molecular weight excluding hydrogens is 352 g/mol. The molecule has 0 aliphatic carbocycles. The Morgan fingerprint density at radius 2 is 2.00 bits per heavy atom. The van der Waals surface area contributed by atoms with E-state index < -0.39 is 0 Å². The number of carbonyl (C=O) groups is 1. The fraction of sp³-hybridized carbons (Fsp3) is 0.364. The Morgan fingerprint density at radius 1 is 1.18 bits per heavy atom. The molecule has 1 aliphatic heterocycles. The van der Waals surface area contributed by atoms with Gasteiger partial charge in [0.15, 0.2) is 0 Å². The Hall–Kier alpha value is -2.86. The summed E-state index contributed by atoms with van der Waals surface area (Å²) in [5, 5.41) is 0. The van der Waals surface area contributed by atoms with Gasteiger partial charge in [-0.2, -0.15) is 0 Å². The van der Waals surface area contributed by atoms with Crippen molar-refractivity contribution in [3.8, 4) is 5.75 Å². The van der Waals surface area contributed by atoms with Crippen molar-refractivity contribution in [3.05, 3.63) is 59.4 Å². The average molecular weight is 378 g/mol. The van der Waals surface area contributed by atoms with Crippen molar-refractivity contribution in [3.63, 3.8) is 0 Å². The lowest BCUT2D eigenvalue weighted by Gasteiger charge is -2.24. The lowest BCUT2D eigenvalue weighted by molar-refractivity contribution is -0.133. The summed E-state index contributed by atoms with van der Waals surface area (Å²) in [6, 6.07) is 14.3. The van der Waals surface area contributed by atoms with Gasteiger partial charge >= 0.3 is 0 Å². The second-order valence-electron chi connectivity index (χ2n) is 7.60. The molecule has 28 heavy (non-hydrogen) atoms. The van der Waals surface area contributed by atoms with Crippen LogP contribution in [0.25, 0.3) is 11.0 Å². The molecule has 6 heteroatoms. The topological polar surface area (TPSA) is 50.6 Å². The molecule has 0 saturated heterocycles. The summed E-state index contributed by atoms with van der Waals surface area (Å²) in [5.74, 6) is 1.94. The normalized spacial score (nSPS) is 13.0. The highest BCUT2D eigenvalue weighted by atomic mass is 16.5. The first-order chi connectivity index (χ1) is 13.5. The van der Waals surface area contributed by atoms with Crippen molar-refractivity contribution in [2.45, 2.75) is 19.5 Å². The molecule has 2 heterocycles. The number of fused-ring (bicyclic) bond motifs is 2. The van der Waals surface area contributed by atoms with E-state index in [1.54, 1.807) is 0 Å². The van der Waals surface area contributed by atoms with Crippen molar-refractivity contribution in [1.29, 1.82) is 0 Å². The van der Waals surface area contributed by atoms with Gasteiger partial charge in [0.1, 0.15) is 11.6 Å². The Bertz CT molecular complexity index is 1010. The lowest BCUT2D eigenvalue weighted by atomic mass is 10.1. The fourth-order valence-corrected chi connectivity index (χ4v) is 3.67. The van der Waals surface area contributed by atoms with Crippen molar-refractivity contribution in [2.24, 2.45) is 7.05 Å². The summed E-state index contributed by atoms with van der Waals surface area (Å²) in [6.45, 7) is 2.15. The summed E-state index contributed by atoms with van der Waals surface area (Å²) in [4.78, 5) is 21.5. The van der Waals surface area contributed by atoms with Crippen LogP contribution in [0, 0.1) is 0 Å². The third kappa shape index (κ3) is 3.73. The quantitative estimate of drug-likeness (QED) is 0.662. The molecule has 2 aromatic carbocycles. The predicted molar refractivity (Wildman–Crippen MR) is 109 cm³/mol. The third-order valence-electron chi connectivity index (χ3n) is 5.14. The number of carbonyl (C=O) groups excluding carboxylic acids is 1. The standard InChI is InChI=1S/C22H26N4O2/c1-24(2)15-22(27)26(13-16-8-9-20-17(12-16)10-11-28-20)14-21-23-18-6-4-5-7-19(18)25(21)3/h4-9,12H,10-11,13-15H2,1-3H3. The third-order valence-corrected chi connectivity index (χ3v) is 5.14. The van der Waals surface area contributed by atoms with Crippen molar-refractivity contribution in [2.75, 3.05) is 27.2 Å². The van der Waals surface area contributed by atoms with Gasteiger partial charge in [-0.05, 0) is 43.4 Å². The average Bonchev–Trinajstić information content (AvgIpc) is 3.25. The van der Waals surface area contributed by atoms with Crippen LogP contribution in [0.4, 0.5) is 0 Å². The highest BCUT2D eigenvalue weighted by molar-refractivity contribution is 5.79. The van der Waals surface area contributed by atoms with Gasteiger partial charge in [-0.3, -0.25) is 4.79 Å². The van der Waals surface area contributed by atoms with E-state index in [1.165, 1.54) is 5.56 Å². The molecule has 0 spiro atoms. The number of ether oxygens (including phenoxy) is 1. The number of rotatable bonds is 6. The number of benzene rings is 2. The van der Waals surface area contributed by atoms with Gasteiger partial charge in [0.2, 0.25) is 5.91 Å². The van der Waals surface area contributed by atoms with Crippen molar-refractivity contribution >= 4 is 16.9 Å². The molecule has 0 unspecified atom stereocenters. The van der Waals surface area contributed by atoms with E-state index >= 15 is 0 Å². The van der Waals surface area contributed by atoms with Gasteiger partial charge in [-0.25, -0.2) is 4.98 Å². The molecule has 0 atom stereocenters. The molecule has 1 aromatic heterocycles. The lowest BCUT2D eigenvalue weighted by Crippen LogP contribution is -2.37. The number of likely N-dealkylation sites (N-methyl/N-ethyl adjacent to an activating group) is 1. The van der Waals surface area contributed by atoms with Crippen LogP contribution in [0.3, 0.4) is 0 Å². The molecule has 146 valence electrons. The van der Waals surface area contributed by atoms with Gasteiger partial charge in [0, 0.05) is 20.0 Å². The van der Waals surface area contributed by atoms with E-state index in [0.29, 0.717) is 19.6 Å². The molecule has 6 nitrogen and oxygen atoms in total. The maximum absolute atomic E-state index is 12.9. The number of hydrogen-bond acceptors (Lipinski definition) is 4. The number of aryl methyl sites for hydroxylation is 1. The molecule has 1 amide bonds. The molecule has 0 fully saturated rings.